The van der Waals surface area contributed by atoms with Crippen LogP contribution in [0.4, 0.5) is 0 Å². The summed E-state index contributed by atoms with van der Waals surface area (Å²) in [4.78, 5) is 12.7. The van der Waals surface area contributed by atoms with Crippen molar-refractivity contribution in [1.29, 1.82) is 0 Å². The van der Waals surface area contributed by atoms with Gasteiger partial charge in [-0.05, 0) is 24.3 Å². The van der Waals surface area contributed by atoms with Crippen LogP contribution in [0.3, 0.4) is 0 Å². The summed E-state index contributed by atoms with van der Waals surface area (Å²) >= 11 is 0. The average molecular weight is 494 g/mol. The molecular weight excluding hydrogens is 472 g/mol. The highest BCUT2D eigenvalue weighted by Crippen LogP contribution is 2.48. The van der Waals surface area contributed by atoms with Gasteiger partial charge in [-0.3, -0.25) is 4.79 Å². The van der Waals surface area contributed by atoms with Gasteiger partial charge in [0, 0.05) is 29.3 Å². The second kappa shape index (κ2) is 8.90. The van der Waals surface area contributed by atoms with Crippen molar-refractivity contribution in [2.45, 2.75) is 12.2 Å². The van der Waals surface area contributed by atoms with Gasteiger partial charge in [0.1, 0.15) is 28.2 Å². The molecule has 4 aromatic rings. The highest BCUT2D eigenvalue weighted by Gasteiger charge is 2.35. The second-order valence-electron chi connectivity index (χ2n) is 8.13. The Morgan fingerprint density at radius 3 is 2.39 bits per heavy atom. The molecular formula is C26H22O10. The fourth-order valence-electron chi connectivity index (χ4n) is 4.18. The Hall–Kier alpha value is -4.57. The zero-order chi connectivity index (χ0) is 25.6. The number of rotatable bonds is 5. The molecule has 2 atom stereocenters. The summed E-state index contributed by atoms with van der Waals surface area (Å²) in [6.45, 7) is -0.370. The van der Waals surface area contributed by atoms with Crippen LogP contribution in [0.5, 0.6) is 40.2 Å². The summed E-state index contributed by atoms with van der Waals surface area (Å²) in [5.74, 6) is 0.432. The first-order valence-electron chi connectivity index (χ1n) is 10.9. The molecule has 0 spiro atoms. The molecule has 0 radical (unpaired) electrons. The van der Waals surface area contributed by atoms with Crippen LogP contribution in [-0.2, 0) is 0 Å². The van der Waals surface area contributed by atoms with Crippen molar-refractivity contribution in [1.82, 2.24) is 0 Å². The van der Waals surface area contributed by atoms with Crippen molar-refractivity contribution in [2.75, 3.05) is 20.8 Å². The van der Waals surface area contributed by atoms with Crippen LogP contribution in [-0.4, -0.2) is 47.4 Å². The molecule has 0 saturated heterocycles. The quantitative estimate of drug-likeness (QED) is 0.325. The van der Waals surface area contributed by atoms with Gasteiger partial charge in [0.25, 0.3) is 0 Å². The maximum Gasteiger partial charge on any atom is 0.204 e. The van der Waals surface area contributed by atoms with Gasteiger partial charge in [-0.25, -0.2) is 0 Å². The molecule has 1 aliphatic heterocycles. The number of hydrogen-bond acceptors (Lipinski definition) is 10. The Labute approximate surface area is 204 Å². The van der Waals surface area contributed by atoms with E-state index in [0.717, 1.165) is 6.07 Å². The molecule has 0 fully saturated rings. The maximum absolute atomic E-state index is 12.7. The fourth-order valence-corrected chi connectivity index (χ4v) is 4.18. The first-order chi connectivity index (χ1) is 17.3. The van der Waals surface area contributed by atoms with Crippen molar-refractivity contribution in [3.63, 3.8) is 0 Å². The zero-order valence-electron chi connectivity index (χ0n) is 19.2. The van der Waals surface area contributed by atoms with Gasteiger partial charge in [0.2, 0.25) is 5.75 Å². The van der Waals surface area contributed by atoms with Crippen LogP contribution in [0, 0.1) is 0 Å². The fraction of sp³-hybridized carbons (Fsp3) is 0.192. The largest absolute Gasteiger partial charge is 0.508 e. The average Bonchev–Trinajstić information content (AvgIpc) is 2.86. The minimum atomic E-state index is -0.795. The highest BCUT2D eigenvalue weighted by atomic mass is 16.6. The lowest BCUT2D eigenvalue weighted by Crippen LogP contribution is -2.36. The summed E-state index contributed by atoms with van der Waals surface area (Å²) in [7, 11) is 2.85. The summed E-state index contributed by atoms with van der Waals surface area (Å²) in [6.07, 6.45) is -1.56. The van der Waals surface area contributed by atoms with E-state index in [-0.39, 0.29) is 57.8 Å². The summed E-state index contributed by atoms with van der Waals surface area (Å²) in [5.41, 5.74) is 0.479. The molecule has 1 aromatic heterocycles. The van der Waals surface area contributed by atoms with Crippen LogP contribution in [0.25, 0.3) is 22.3 Å². The lowest BCUT2D eigenvalue weighted by Gasteiger charge is -2.34. The molecule has 1 aliphatic rings. The molecule has 0 amide bonds. The molecule has 4 N–H and O–H groups in total. The topological polar surface area (TPSA) is 148 Å². The molecule has 0 saturated carbocycles. The number of hydrogen-bond donors (Lipinski definition) is 4. The first-order valence-corrected chi connectivity index (χ1v) is 10.9. The lowest BCUT2D eigenvalue weighted by molar-refractivity contribution is -0.0141. The number of benzene rings is 3. The molecule has 10 heteroatoms. The third kappa shape index (κ3) is 3.87. The van der Waals surface area contributed by atoms with Gasteiger partial charge < -0.3 is 43.8 Å². The van der Waals surface area contributed by atoms with Gasteiger partial charge in [0.15, 0.2) is 40.6 Å². The van der Waals surface area contributed by atoms with Crippen molar-refractivity contribution in [3.8, 4) is 51.6 Å². The van der Waals surface area contributed by atoms with Crippen molar-refractivity contribution >= 4 is 11.0 Å². The van der Waals surface area contributed by atoms with E-state index < -0.39 is 23.4 Å². The van der Waals surface area contributed by atoms with E-state index in [9.17, 15) is 25.2 Å². The Balaban J connectivity index is 1.62. The van der Waals surface area contributed by atoms with Crippen LogP contribution >= 0.6 is 0 Å². The summed E-state index contributed by atoms with van der Waals surface area (Å²) in [5, 5.41) is 39.7. The second-order valence-corrected chi connectivity index (χ2v) is 8.13. The number of aromatic hydroxyl groups is 3. The SMILES string of the molecule is COc1cc([C@@H]2Oc3cc(-c4cc(=O)c5c(O)cc(O)cc5o4)cc(OC)c3O[C@H]2CO)ccc1O. The number of phenols is 3. The summed E-state index contributed by atoms with van der Waals surface area (Å²) < 4.78 is 28.7. The summed E-state index contributed by atoms with van der Waals surface area (Å²) in [6, 6.07) is 11.3. The van der Waals surface area contributed by atoms with Crippen LogP contribution < -0.4 is 24.4 Å². The van der Waals surface area contributed by atoms with Crippen molar-refractivity contribution < 1.29 is 43.8 Å². The molecule has 10 nitrogen and oxygen atoms in total. The Kier molecular flexibility index (Phi) is 5.73. The van der Waals surface area contributed by atoms with E-state index in [2.05, 4.69) is 0 Å². The molecule has 186 valence electrons. The van der Waals surface area contributed by atoms with Gasteiger partial charge >= 0.3 is 0 Å². The molecule has 5 rings (SSSR count). The van der Waals surface area contributed by atoms with E-state index in [0.29, 0.717) is 11.1 Å². The van der Waals surface area contributed by atoms with Crippen LogP contribution in [0.15, 0.2) is 57.7 Å². The minimum Gasteiger partial charge on any atom is -0.508 e. The smallest absolute Gasteiger partial charge is 0.204 e. The number of ether oxygens (including phenoxy) is 4. The molecule has 0 unspecified atom stereocenters. The first kappa shape index (κ1) is 23.2. The predicted octanol–water partition coefficient (Wildman–Crippen LogP) is 3.47. The molecule has 2 heterocycles. The molecule has 3 aromatic carbocycles. The van der Waals surface area contributed by atoms with Crippen molar-refractivity contribution in [2.24, 2.45) is 0 Å². The standard InChI is InChI=1S/C26H22O10/c1-32-19-5-12(3-4-15(19)29)25-23(11-27)36-26-21(33-2)6-13(7-22(26)35-25)18-10-17(31)24-16(30)8-14(28)9-20(24)34-18/h3-10,23,25,27-30H,11H2,1-2H3/t23-,25-/m0/s1. The lowest BCUT2D eigenvalue weighted by atomic mass is 10.0. The third-order valence-corrected chi connectivity index (χ3v) is 5.89. The number of aliphatic hydroxyl groups excluding tert-OH is 1. The van der Waals surface area contributed by atoms with Gasteiger partial charge in [-0.2, -0.15) is 0 Å². The number of phenolic OH excluding ortho intramolecular Hbond substituents is 3. The van der Waals surface area contributed by atoms with Gasteiger partial charge in [-0.15, -0.1) is 0 Å². The van der Waals surface area contributed by atoms with Gasteiger partial charge in [0.05, 0.1) is 20.8 Å². The molecule has 0 aliphatic carbocycles. The third-order valence-electron chi connectivity index (χ3n) is 5.89. The monoisotopic (exact) mass is 494 g/mol. The predicted molar refractivity (Wildman–Crippen MR) is 127 cm³/mol. The van der Waals surface area contributed by atoms with Crippen LogP contribution in [0.2, 0.25) is 0 Å². The van der Waals surface area contributed by atoms with E-state index in [1.807, 2.05) is 0 Å². The minimum absolute atomic E-state index is 0.00161. The van der Waals surface area contributed by atoms with E-state index in [1.165, 1.54) is 32.4 Å². The van der Waals surface area contributed by atoms with E-state index in [1.54, 1.807) is 24.3 Å². The van der Waals surface area contributed by atoms with E-state index >= 15 is 0 Å². The van der Waals surface area contributed by atoms with E-state index in [4.69, 9.17) is 23.4 Å². The van der Waals surface area contributed by atoms with Gasteiger partial charge in [-0.1, -0.05) is 6.07 Å². The number of fused-ring (bicyclic) bond motifs is 2. The number of methoxy groups -OCH3 is 2. The van der Waals surface area contributed by atoms with Crippen molar-refractivity contribution in [3.05, 3.63) is 64.3 Å². The normalized spacial score (nSPS) is 16.6. The Morgan fingerprint density at radius 2 is 1.67 bits per heavy atom. The zero-order valence-corrected chi connectivity index (χ0v) is 19.2. The highest BCUT2D eigenvalue weighted by molar-refractivity contribution is 5.86. The number of aliphatic hydroxyl groups is 1. The maximum atomic E-state index is 12.7. The molecule has 36 heavy (non-hydrogen) atoms. The van der Waals surface area contributed by atoms with Crippen LogP contribution in [0.1, 0.15) is 11.7 Å². The molecule has 0 bridgehead atoms. The Bertz CT molecular complexity index is 1520. The Morgan fingerprint density at radius 1 is 0.889 bits per heavy atom.